The molecule has 0 fully saturated rings. The fourth-order valence-electron chi connectivity index (χ4n) is 10.1. The molecular weight excluding hydrogens is 1360 g/mol. The molecule has 0 unspecified atom stereocenters. The zero-order valence-electron chi connectivity index (χ0n) is 40.7. The second-order valence-electron chi connectivity index (χ2n) is 18.1. The summed E-state index contributed by atoms with van der Waals surface area (Å²) in [6, 6.07) is 86.6. The van der Waals surface area contributed by atoms with Gasteiger partial charge in [-0.25, -0.2) is 0 Å². The number of benzene rings is 10. The maximum absolute atomic E-state index is 14.2. The number of fused-ring (bicyclic) bond motifs is 10. The molecule has 4 heterocycles. The fourth-order valence-corrected chi connectivity index (χ4v) is 12.0. The van der Waals surface area contributed by atoms with Crippen LogP contribution < -0.4 is 11.1 Å². The van der Waals surface area contributed by atoms with E-state index in [-0.39, 0.29) is 11.1 Å². The number of aromatic amines is 1. The molecule has 0 saturated heterocycles. The summed E-state index contributed by atoms with van der Waals surface area (Å²) in [7, 11) is 0. The number of rotatable bonds is 5. The van der Waals surface area contributed by atoms with E-state index in [0.29, 0.717) is 10.8 Å². The summed E-state index contributed by atoms with van der Waals surface area (Å²) in [5.41, 5.74) is 15.7. The van der Waals surface area contributed by atoms with E-state index in [0.717, 1.165) is 81.0 Å². The van der Waals surface area contributed by atoms with Gasteiger partial charge in [-0.3, -0.25) is 23.0 Å². The third-order valence-electron chi connectivity index (χ3n) is 13.5. The topological polar surface area (TPSA) is 63.7 Å². The first-order valence-corrected chi connectivity index (χ1v) is 30.2. The molecule has 6 nitrogen and oxygen atoms in total. The van der Waals surface area contributed by atoms with E-state index in [9.17, 15) is 9.59 Å². The second kappa shape index (κ2) is 23.4. The summed E-state index contributed by atoms with van der Waals surface area (Å²) < 4.78 is 9.20. The van der Waals surface area contributed by atoms with E-state index in [4.69, 9.17) is 0 Å². The van der Waals surface area contributed by atoms with Crippen LogP contribution in [0.3, 0.4) is 0 Å². The number of H-pyrrole nitrogens is 1. The minimum absolute atomic E-state index is 0.0455. The van der Waals surface area contributed by atoms with Crippen molar-refractivity contribution in [3.63, 3.8) is 0 Å². The number of aromatic nitrogens is 4. The van der Waals surface area contributed by atoms with E-state index in [2.05, 4.69) is 221 Å². The van der Waals surface area contributed by atoms with Crippen molar-refractivity contribution >= 4 is 130 Å². The SMILES string of the molecule is Ic1cc(-c2ccccc2)cc(-c2ccccc2)c1.O=c1[nH]c2c(Br)c3ccccc3n2c2ccccc12.O=c1c2ccccc2n2c3ccccc3c(Br)c2n1-c1cc(-c2ccccc2)cc(-c2ccccc2)c1.[Cu][I]. The Morgan fingerprint density at radius 2 is 0.701 bits per heavy atom. The number of nitrogens with zero attached hydrogens (tertiary/aromatic N) is 3. The van der Waals surface area contributed by atoms with Crippen LogP contribution in [0.25, 0.3) is 105 Å². The van der Waals surface area contributed by atoms with Gasteiger partial charge in [0.15, 0.2) is 0 Å². The Morgan fingerprint density at radius 3 is 1.16 bits per heavy atom. The molecule has 0 saturated carbocycles. The Bertz CT molecular complexity index is 4450. The Balaban J connectivity index is 0.000000133. The summed E-state index contributed by atoms with van der Waals surface area (Å²) in [5.74, 6) is 0. The molecule has 0 atom stereocenters. The molecule has 0 amide bonds. The summed E-state index contributed by atoms with van der Waals surface area (Å²) in [6.45, 7) is 0. The molecule has 11 heteroatoms. The first kappa shape index (κ1) is 52.2. The standard InChI is InChI=1S/C33H21BrN2O.C18H13I.C15H9BrN2O.Cu.HI/c34-31-27-15-7-9-17-29(27)36-30-18-10-8-16-28(30)33(37)35(32(31)36)26-20-24(22-11-3-1-4-12-22)19-25(21-26)23-13-5-2-6-14-23;19-18-12-16(14-7-3-1-4-8-14)11-17(13-18)15-9-5-2-6-10-15;16-13-9-5-1-3-7-11(9)18-12-8-4-2-6-10(12)15(19)17-14(13)18;;/h1-21H;1-13H;1-8H,(H,17,19);;1H/q;;;+1;/p-1. The molecule has 378 valence electrons. The van der Waals surface area contributed by atoms with Crippen LogP contribution in [0.4, 0.5) is 0 Å². The molecule has 0 bridgehead atoms. The van der Waals surface area contributed by atoms with Crippen LogP contribution in [-0.2, 0) is 12.8 Å². The van der Waals surface area contributed by atoms with Crippen molar-refractivity contribution in [1.82, 2.24) is 18.4 Å². The van der Waals surface area contributed by atoms with Gasteiger partial charge in [0.2, 0.25) is 0 Å². The molecule has 0 spiro atoms. The molecule has 77 heavy (non-hydrogen) atoms. The van der Waals surface area contributed by atoms with Crippen molar-refractivity contribution in [2.75, 3.05) is 0 Å². The second-order valence-corrected chi connectivity index (χ2v) is 20.9. The average molecular weight is 1400 g/mol. The average Bonchev–Trinajstić information content (AvgIpc) is 4.13. The summed E-state index contributed by atoms with van der Waals surface area (Å²) >= 11 is 15.7. The van der Waals surface area contributed by atoms with E-state index >= 15 is 0 Å². The van der Waals surface area contributed by atoms with E-state index in [1.165, 1.54) is 25.8 Å². The van der Waals surface area contributed by atoms with Crippen molar-refractivity contribution in [3.05, 3.63) is 288 Å². The Morgan fingerprint density at radius 1 is 0.364 bits per heavy atom. The van der Waals surface area contributed by atoms with Gasteiger partial charge in [0.1, 0.15) is 11.3 Å². The Kier molecular flexibility index (Phi) is 15.9. The monoisotopic (exact) mass is 1400 g/mol. The van der Waals surface area contributed by atoms with Gasteiger partial charge < -0.3 is 4.98 Å². The molecule has 10 aromatic carbocycles. The van der Waals surface area contributed by atoms with Gasteiger partial charge >= 0.3 is 33.1 Å². The van der Waals surface area contributed by atoms with Gasteiger partial charge in [-0.15, -0.1) is 0 Å². The van der Waals surface area contributed by atoms with Crippen molar-refractivity contribution in [2.45, 2.75) is 0 Å². The number of para-hydroxylation sites is 4. The molecule has 0 aliphatic carbocycles. The molecule has 14 rings (SSSR count). The molecular formula is C66H43Br2CuI2N4O2. The van der Waals surface area contributed by atoms with Crippen LogP contribution in [0, 0.1) is 3.57 Å². The first-order valence-electron chi connectivity index (χ1n) is 24.5. The van der Waals surface area contributed by atoms with Crippen LogP contribution >= 0.6 is 74.8 Å². The fraction of sp³-hybridized carbons (Fsp3) is 0. The van der Waals surface area contributed by atoms with Gasteiger partial charge in [0, 0.05) is 14.3 Å². The van der Waals surface area contributed by atoms with Gasteiger partial charge in [-0.05, 0) is 172 Å². The summed E-state index contributed by atoms with van der Waals surface area (Å²) in [5, 5.41) is 3.53. The third kappa shape index (κ3) is 10.4. The van der Waals surface area contributed by atoms with E-state index < -0.39 is 0 Å². The van der Waals surface area contributed by atoms with E-state index in [1.807, 2.05) is 120 Å². The van der Waals surface area contributed by atoms with Gasteiger partial charge in [0.05, 0.1) is 47.5 Å². The zero-order valence-corrected chi connectivity index (χ0v) is 49.1. The molecule has 1 N–H and O–H groups in total. The van der Waals surface area contributed by atoms with Crippen LogP contribution in [0.2, 0.25) is 0 Å². The summed E-state index contributed by atoms with van der Waals surface area (Å²) in [4.78, 5) is 29.3. The van der Waals surface area contributed by atoms with Gasteiger partial charge in [0.25, 0.3) is 11.1 Å². The zero-order chi connectivity index (χ0) is 53.0. The first-order chi connectivity index (χ1) is 37.8. The number of nitrogens with one attached hydrogen (secondary N) is 1. The van der Waals surface area contributed by atoms with Crippen LogP contribution in [0.15, 0.2) is 273 Å². The van der Waals surface area contributed by atoms with Crippen molar-refractivity contribution < 1.29 is 12.8 Å². The van der Waals surface area contributed by atoms with Crippen LogP contribution in [0.5, 0.6) is 0 Å². The molecule has 0 aliphatic heterocycles. The number of hydrogen-bond acceptors (Lipinski definition) is 2. The van der Waals surface area contributed by atoms with Gasteiger partial charge in [-0.1, -0.05) is 182 Å². The Hall–Kier alpha value is -6.84. The molecule has 14 aromatic rings. The number of hydrogen-bond donors (Lipinski definition) is 1. The van der Waals surface area contributed by atoms with E-state index in [1.54, 1.807) is 20.3 Å². The van der Waals surface area contributed by atoms with Crippen LogP contribution in [-0.4, -0.2) is 18.4 Å². The van der Waals surface area contributed by atoms with Crippen molar-refractivity contribution in [3.8, 4) is 50.2 Å². The normalized spacial score (nSPS) is 11.0. The Labute approximate surface area is 494 Å². The summed E-state index contributed by atoms with van der Waals surface area (Å²) in [6.07, 6.45) is 0. The van der Waals surface area contributed by atoms with Gasteiger partial charge in [-0.2, -0.15) is 0 Å². The minimum atomic E-state index is -0.0633. The third-order valence-corrected chi connectivity index (χ3v) is 15.7. The predicted molar refractivity (Wildman–Crippen MR) is 341 cm³/mol. The van der Waals surface area contributed by atoms with Crippen LogP contribution in [0.1, 0.15) is 0 Å². The maximum atomic E-state index is 14.2. The molecule has 4 aromatic heterocycles. The van der Waals surface area contributed by atoms with Crippen molar-refractivity contribution in [1.29, 1.82) is 0 Å². The predicted octanol–water partition coefficient (Wildman–Crippen LogP) is 18.7. The molecule has 0 aliphatic rings. The quantitative estimate of drug-likeness (QED) is 0.138. The number of halogens is 4. The molecule has 0 radical (unpaired) electrons. The van der Waals surface area contributed by atoms with Crippen molar-refractivity contribution in [2.24, 2.45) is 0 Å².